The highest BCUT2D eigenvalue weighted by molar-refractivity contribution is 7.97. The van der Waals surface area contributed by atoms with E-state index in [0.717, 1.165) is 28.9 Å². The highest BCUT2D eigenvalue weighted by atomic mass is 32.2. The van der Waals surface area contributed by atoms with Crippen molar-refractivity contribution >= 4 is 21.6 Å². The third-order valence-electron chi connectivity index (χ3n) is 5.37. The second-order valence-corrected chi connectivity index (χ2v) is 11.0. The number of ether oxygens (including phenoxy) is 1. The Balaban J connectivity index is 1.98. The molecule has 0 aliphatic carbocycles. The molecule has 0 bridgehead atoms. The summed E-state index contributed by atoms with van der Waals surface area (Å²) in [7, 11) is -4.27. The second kappa shape index (κ2) is 8.56. The van der Waals surface area contributed by atoms with Gasteiger partial charge in [0.2, 0.25) is 0 Å². The van der Waals surface area contributed by atoms with Crippen LogP contribution in [0.3, 0.4) is 0 Å². The SMILES string of the molecule is CSCn1nc(C(F)(F)F)cc1C1CC(C)(S(=O)(=O)c2cccc(C(F)(F)F)c2)CCO1. The van der Waals surface area contributed by atoms with Crippen molar-refractivity contribution < 1.29 is 39.5 Å². The first-order valence-corrected chi connectivity index (χ1v) is 12.2. The molecule has 1 fully saturated rings. The topological polar surface area (TPSA) is 61.2 Å². The summed E-state index contributed by atoms with van der Waals surface area (Å²) in [5.41, 5.74) is -2.16. The molecule has 13 heteroatoms. The molecule has 0 N–H and O–H groups in total. The maximum absolute atomic E-state index is 13.3. The number of hydrogen-bond donors (Lipinski definition) is 0. The Morgan fingerprint density at radius 3 is 2.47 bits per heavy atom. The molecule has 3 rings (SSSR count). The number of benzene rings is 1. The van der Waals surface area contributed by atoms with Crippen molar-refractivity contribution in [2.24, 2.45) is 0 Å². The van der Waals surface area contributed by atoms with Crippen molar-refractivity contribution in [2.45, 2.75) is 53.7 Å². The van der Waals surface area contributed by atoms with E-state index in [1.165, 1.54) is 18.7 Å². The summed E-state index contributed by atoms with van der Waals surface area (Å²) in [6.07, 6.45) is -9.02. The molecule has 1 saturated heterocycles. The van der Waals surface area contributed by atoms with Crippen molar-refractivity contribution in [2.75, 3.05) is 12.9 Å². The van der Waals surface area contributed by atoms with Gasteiger partial charge in [0.15, 0.2) is 15.5 Å². The molecule has 1 aromatic carbocycles. The largest absolute Gasteiger partial charge is 0.435 e. The molecule has 0 radical (unpaired) electrons. The molecular formula is C19H20F6N2O3S2. The zero-order chi connectivity index (χ0) is 23.9. The zero-order valence-electron chi connectivity index (χ0n) is 17.0. The Labute approximate surface area is 185 Å². The molecule has 5 nitrogen and oxygen atoms in total. The van der Waals surface area contributed by atoms with Crippen LogP contribution >= 0.6 is 11.8 Å². The van der Waals surface area contributed by atoms with Gasteiger partial charge in [0.05, 0.1) is 26.8 Å². The van der Waals surface area contributed by atoms with Gasteiger partial charge in [0, 0.05) is 6.61 Å². The van der Waals surface area contributed by atoms with Gasteiger partial charge in [-0.1, -0.05) is 6.07 Å². The first-order chi connectivity index (χ1) is 14.7. The number of hydrogen-bond acceptors (Lipinski definition) is 5. The summed E-state index contributed by atoms with van der Waals surface area (Å²) in [5.74, 6) is 0.0857. The number of nitrogens with zero attached hydrogens (tertiary/aromatic N) is 2. The summed E-state index contributed by atoms with van der Waals surface area (Å²) in [6.45, 7) is 1.28. The van der Waals surface area contributed by atoms with Gasteiger partial charge < -0.3 is 4.74 Å². The molecule has 178 valence electrons. The third kappa shape index (κ3) is 4.79. The number of thioether (sulfide) groups is 1. The summed E-state index contributed by atoms with van der Waals surface area (Å²) in [5, 5.41) is 3.57. The predicted molar refractivity (Wildman–Crippen MR) is 106 cm³/mol. The van der Waals surface area contributed by atoms with Gasteiger partial charge in [0.1, 0.15) is 6.10 Å². The molecule has 1 aromatic heterocycles. The van der Waals surface area contributed by atoms with Crippen molar-refractivity contribution in [3.63, 3.8) is 0 Å². The Hall–Kier alpha value is -1.73. The monoisotopic (exact) mass is 502 g/mol. The smallest absolute Gasteiger partial charge is 0.372 e. The van der Waals surface area contributed by atoms with Gasteiger partial charge in [-0.25, -0.2) is 8.42 Å². The zero-order valence-corrected chi connectivity index (χ0v) is 18.6. The lowest BCUT2D eigenvalue weighted by Gasteiger charge is -2.37. The van der Waals surface area contributed by atoms with Crippen LogP contribution in [0.5, 0.6) is 0 Å². The van der Waals surface area contributed by atoms with Gasteiger partial charge >= 0.3 is 12.4 Å². The van der Waals surface area contributed by atoms with Gasteiger partial charge in [0.25, 0.3) is 0 Å². The lowest BCUT2D eigenvalue weighted by Crippen LogP contribution is -2.42. The minimum absolute atomic E-state index is 0.0229. The molecule has 0 spiro atoms. The van der Waals surface area contributed by atoms with Crippen molar-refractivity contribution in [3.8, 4) is 0 Å². The molecule has 2 aromatic rings. The van der Waals surface area contributed by atoms with Gasteiger partial charge in [-0.3, -0.25) is 4.68 Å². The maximum atomic E-state index is 13.3. The second-order valence-electron chi connectivity index (χ2n) is 7.66. The van der Waals surface area contributed by atoms with E-state index in [9.17, 15) is 34.8 Å². The molecule has 1 aliphatic rings. The molecule has 32 heavy (non-hydrogen) atoms. The molecule has 2 atom stereocenters. The van der Waals surface area contributed by atoms with Gasteiger partial charge in [-0.2, -0.15) is 31.4 Å². The quantitative estimate of drug-likeness (QED) is 0.518. The first kappa shape index (κ1) is 24.9. The lowest BCUT2D eigenvalue weighted by molar-refractivity contribution is -0.141. The number of sulfone groups is 1. The Bertz CT molecular complexity index is 1080. The summed E-state index contributed by atoms with van der Waals surface area (Å²) in [4.78, 5) is -0.496. The van der Waals surface area contributed by atoms with E-state index in [-0.39, 0.29) is 31.0 Å². The summed E-state index contributed by atoms with van der Waals surface area (Å²) < 4.78 is 111. The van der Waals surface area contributed by atoms with Crippen LogP contribution in [0.4, 0.5) is 26.3 Å². The Morgan fingerprint density at radius 2 is 1.88 bits per heavy atom. The van der Waals surface area contributed by atoms with Crippen molar-refractivity contribution in [1.82, 2.24) is 9.78 Å². The van der Waals surface area contributed by atoms with Crippen LogP contribution in [0.25, 0.3) is 0 Å². The van der Waals surface area contributed by atoms with Gasteiger partial charge in [-0.15, -0.1) is 11.8 Å². The molecule has 0 saturated carbocycles. The Kier molecular flexibility index (Phi) is 6.66. The fourth-order valence-electron chi connectivity index (χ4n) is 3.58. The Morgan fingerprint density at radius 1 is 1.19 bits per heavy atom. The average molecular weight is 503 g/mol. The fourth-order valence-corrected chi connectivity index (χ4v) is 5.87. The molecule has 2 unspecified atom stereocenters. The van der Waals surface area contributed by atoms with E-state index >= 15 is 0 Å². The van der Waals surface area contributed by atoms with E-state index in [0.29, 0.717) is 6.07 Å². The van der Waals surface area contributed by atoms with Crippen LogP contribution < -0.4 is 0 Å². The minimum atomic E-state index is -4.72. The molecular weight excluding hydrogens is 482 g/mol. The number of rotatable bonds is 5. The van der Waals surface area contributed by atoms with Crippen LogP contribution in [0.1, 0.15) is 42.8 Å². The average Bonchev–Trinajstić information content (AvgIpc) is 3.12. The van der Waals surface area contributed by atoms with E-state index in [4.69, 9.17) is 4.74 Å². The van der Waals surface area contributed by atoms with Crippen LogP contribution in [0.2, 0.25) is 0 Å². The maximum Gasteiger partial charge on any atom is 0.435 e. The van der Waals surface area contributed by atoms with Crippen LogP contribution in [-0.2, 0) is 32.8 Å². The van der Waals surface area contributed by atoms with Crippen LogP contribution in [0.15, 0.2) is 35.2 Å². The van der Waals surface area contributed by atoms with E-state index in [1.807, 2.05) is 0 Å². The third-order valence-corrected chi connectivity index (χ3v) is 8.42. The standard InChI is InChI=1S/C19H20F6N2O3S2/c1-17(32(28,29)13-5-3-4-12(8-13)18(20,21)22)6-7-30-15(10-17)14-9-16(19(23,24)25)26-27(14)11-31-2/h3-5,8-9,15H,6-7,10-11H2,1-2H3. The minimum Gasteiger partial charge on any atom is -0.372 e. The highest BCUT2D eigenvalue weighted by Crippen LogP contribution is 2.43. The number of halogens is 6. The first-order valence-electron chi connectivity index (χ1n) is 9.36. The predicted octanol–water partition coefficient (Wildman–Crippen LogP) is 5.33. The lowest BCUT2D eigenvalue weighted by atomic mass is 9.94. The van der Waals surface area contributed by atoms with E-state index < -0.39 is 49.2 Å². The fraction of sp³-hybridized carbons (Fsp3) is 0.526. The number of aromatic nitrogens is 2. The van der Waals surface area contributed by atoms with Crippen LogP contribution in [0, 0.1) is 0 Å². The van der Waals surface area contributed by atoms with E-state index in [1.54, 1.807) is 6.26 Å². The molecule has 1 aliphatic heterocycles. The van der Waals surface area contributed by atoms with E-state index in [2.05, 4.69) is 5.10 Å². The summed E-state index contributed by atoms with van der Waals surface area (Å²) in [6, 6.07) is 4.27. The normalized spacial score (nSPS) is 22.8. The number of alkyl halides is 6. The van der Waals surface area contributed by atoms with Gasteiger partial charge in [-0.05, 0) is 50.3 Å². The summed E-state index contributed by atoms with van der Waals surface area (Å²) >= 11 is 1.22. The van der Waals surface area contributed by atoms with Crippen molar-refractivity contribution in [1.29, 1.82) is 0 Å². The molecule has 0 amide bonds. The van der Waals surface area contributed by atoms with Crippen molar-refractivity contribution in [3.05, 3.63) is 47.3 Å². The van der Waals surface area contributed by atoms with Crippen LogP contribution in [-0.4, -0.2) is 35.8 Å². The molecule has 2 heterocycles. The highest BCUT2D eigenvalue weighted by Gasteiger charge is 2.47.